The van der Waals surface area contributed by atoms with Gasteiger partial charge in [-0.25, -0.2) is 9.13 Å². The summed E-state index contributed by atoms with van der Waals surface area (Å²) in [5.74, 6) is -4.32. The van der Waals surface area contributed by atoms with Crippen molar-refractivity contribution in [2.45, 2.75) is 179 Å². The van der Waals surface area contributed by atoms with Crippen molar-refractivity contribution in [3.05, 3.63) is 11.6 Å². The Morgan fingerprint density at radius 3 is 1.79 bits per heavy atom. The molecule has 67 heavy (non-hydrogen) atoms. The summed E-state index contributed by atoms with van der Waals surface area (Å²) >= 11 is 0. The molecule has 5 fully saturated rings. The molecule has 0 aromatic heterocycles. The Kier molecular flexibility index (Phi) is 15.1. The van der Waals surface area contributed by atoms with Gasteiger partial charge in [-0.15, -0.1) is 0 Å². The molecule has 0 aromatic rings. The number of ketones is 3. The normalized spacial score (nSPS) is 46.0. The van der Waals surface area contributed by atoms with Crippen LogP contribution in [0.25, 0.3) is 0 Å². The van der Waals surface area contributed by atoms with Gasteiger partial charge in [-0.3, -0.25) is 32.5 Å². The molecular weight excluding hydrogens is 934 g/mol. The summed E-state index contributed by atoms with van der Waals surface area (Å²) in [6, 6.07) is 0. The number of allylic oxidation sites excluding steroid dienone is 2. The summed E-state index contributed by atoms with van der Waals surface area (Å²) in [6.45, 7) is 10.7. The van der Waals surface area contributed by atoms with E-state index in [2.05, 4.69) is 0 Å². The maximum Gasteiger partial charge on any atom is 0.475 e. The number of rotatable bonds is 15. The van der Waals surface area contributed by atoms with E-state index in [-0.39, 0.29) is 37.9 Å². The fourth-order valence-electron chi connectivity index (χ4n) is 12.4. The number of aliphatic hydroxyl groups excluding tert-OH is 9. The molecule has 2 aliphatic heterocycles. The SMILES string of the molecule is CC(C)(CCC(=O)C(C)(O)C1C(O)CC2(C)C3CC=C4C(CC(OP(=O)(O)OC5OC(CO)C(O)C(O)C5O)C(=O)C4(C)C)C3(C)C(=O)CC12C)OP(=O)(O)OC1OC(CO)C(O)C(O)C1O. The van der Waals surface area contributed by atoms with Crippen LogP contribution in [-0.4, -0.2) is 176 Å². The molecule has 6 rings (SSSR count). The molecule has 0 amide bonds. The van der Waals surface area contributed by atoms with Gasteiger partial charge >= 0.3 is 15.6 Å². The molecule has 0 bridgehead atoms. The van der Waals surface area contributed by atoms with Gasteiger partial charge in [-0.1, -0.05) is 32.4 Å². The molecule has 0 radical (unpaired) electrons. The van der Waals surface area contributed by atoms with Gasteiger partial charge < -0.3 is 70.3 Å². The highest BCUT2D eigenvalue weighted by Crippen LogP contribution is 2.74. The molecule has 384 valence electrons. The third-order valence-electron chi connectivity index (χ3n) is 16.3. The summed E-state index contributed by atoms with van der Waals surface area (Å²) in [4.78, 5) is 64.7. The second kappa shape index (κ2) is 18.5. The van der Waals surface area contributed by atoms with Crippen LogP contribution in [0.3, 0.4) is 0 Å². The number of carbonyl (C=O) groups excluding carboxylic acids is 3. The number of carbonyl (C=O) groups is 3. The molecule has 3 saturated carbocycles. The first kappa shape index (κ1) is 54.8. The predicted octanol–water partition coefficient (Wildman–Crippen LogP) is -0.965. The van der Waals surface area contributed by atoms with Gasteiger partial charge in [0.1, 0.15) is 66.3 Å². The van der Waals surface area contributed by atoms with Crippen molar-refractivity contribution in [3.8, 4) is 0 Å². The molecule has 25 heteroatoms. The van der Waals surface area contributed by atoms with Crippen LogP contribution in [0.4, 0.5) is 0 Å². The van der Waals surface area contributed by atoms with E-state index in [1.165, 1.54) is 20.8 Å². The van der Waals surface area contributed by atoms with Crippen LogP contribution < -0.4 is 0 Å². The Morgan fingerprint density at radius 2 is 1.28 bits per heavy atom. The summed E-state index contributed by atoms with van der Waals surface area (Å²) < 4.78 is 57.8. The topological polar surface area (TPSA) is 383 Å². The second-order valence-corrected chi connectivity index (χ2v) is 23.9. The third-order valence-corrected chi connectivity index (χ3v) is 18.5. The fourth-order valence-corrected chi connectivity index (χ4v) is 14.6. The number of aliphatic hydroxyl groups is 10. The van der Waals surface area contributed by atoms with Crippen LogP contribution in [-0.2, 0) is 51.1 Å². The highest BCUT2D eigenvalue weighted by atomic mass is 31.2. The minimum Gasteiger partial charge on any atom is -0.394 e. The summed E-state index contributed by atoms with van der Waals surface area (Å²) in [5.41, 5.74) is -8.20. The number of fused-ring (bicyclic) bond motifs is 5. The van der Waals surface area contributed by atoms with Gasteiger partial charge in [0.15, 0.2) is 24.1 Å². The molecule has 12 N–H and O–H groups in total. The highest BCUT2D eigenvalue weighted by molar-refractivity contribution is 7.47. The molecule has 2 heterocycles. The first-order valence-corrected chi connectivity index (χ1v) is 25.3. The number of hydrogen-bond acceptors (Lipinski definition) is 21. The lowest BCUT2D eigenvalue weighted by Crippen LogP contribution is -2.65. The van der Waals surface area contributed by atoms with Crippen molar-refractivity contribution in [2.75, 3.05) is 13.2 Å². The molecule has 23 nitrogen and oxygen atoms in total. The van der Waals surface area contributed by atoms with Crippen molar-refractivity contribution in [1.82, 2.24) is 0 Å². The zero-order valence-electron chi connectivity index (χ0n) is 38.6. The number of Topliss-reactive ketones (excluding diaryl/α,β-unsaturated/α-hetero) is 3. The van der Waals surface area contributed by atoms with Crippen LogP contribution in [0.2, 0.25) is 0 Å². The quantitative estimate of drug-likeness (QED) is 0.0694. The largest absolute Gasteiger partial charge is 0.475 e. The zero-order valence-corrected chi connectivity index (χ0v) is 40.4. The Bertz CT molecular complexity index is 2040. The summed E-state index contributed by atoms with van der Waals surface area (Å²) in [6.07, 6.45) is -20.7. The molecule has 21 atom stereocenters. The Hall–Kier alpha value is -1.51. The number of phosphoric acid groups is 2. The summed E-state index contributed by atoms with van der Waals surface area (Å²) in [7, 11) is -10.5. The van der Waals surface area contributed by atoms with Gasteiger partial charge in [0.2, 0.25) is 0 Å². The molecule has 6 aliphatic rings. The van der Waals surface area contributed by atoms with E-state index >= 15 is 0 Å². The molecular formula is C42H68O23P2. The van der Waals surface area contributed by atoms with Gasteiger partial charge in [-0.2, -0.15) is 0 Å². The van der Waals surface area contributed by atoms with E-state index in [0.29, 0.717) is 5.57 Å². The first-order chi connectivity index (χ1) is 30.6. The minimum absolute atomic E-state index is 0.0274. The van der Waals surface area contributed by atoms with E-state index in [4.69, 9.17) is 27.6 Å². The highest BCUT2D eigenvalue weighted by Gasteiger charge is 2.75. The lowest BCUT2D eigenvalue weighted by Gasteiger charge is -2.64. The predicted molar refractivity (Wildman–Crippen MR) is 225 cm³/mol. The van der Waals surface area contributed by atoms with Crippen molar-refractivity contribution in [1.29, 1.82) is 0 Å². The van der Waals surface area contributed by atoms with Crippen molar-refractivity contribution in [3.63, 3.8) is 0 Å². The van der Waals surface area contributed by atoms with Gasteiger partial charge in [0.05, 0.1) is 24.9 Å². The van der Waals surface area contributed by atoms with Crippen LogP contribution >= 0.6 is 15.6 Å². The Balaban J connectivity index is 1.19. The average Bonchev–Trinajstić information content (AvgIpc) is 3.42. The average molecular weight is 1000 g/mol. The van der Waals surface area contributed by atoms with Crippen molar-refractivity contribution >= 4 is 33.0 Å². The molecule has 0 spiro atoms. The molecule has 2 saturated heterocycles. The molecule has 21 unspecified atom stereocenters. The third kappa shape index (κ3) is 9.42. The van der Waals surface area contributed by atoms with E-state index in [9.17, 15) is 84.4 Å². The first-order valence-electron chi connectivity index (χ1n) is 22.3. The number of hydrogen-bond donors (Lipinski definition) is 12. The number of phosphoric ester groups is 2. The van der Waals surface area contributed by atoms with Crippen LogP contribution in [0.5, 0.6) is 0 Å². The van der Waals surface area contributed by atoms with Gasteiger partial charge in [0.25, 0.3) is 0 Å². The van der Waals surface area contributed by atoms with Crippen molar-refractivity contribution < 1.29 is 112 Å². The van der Waals surface area contributed by atoms with Crippen LogP contribution in [0.1, 0.15) is 93.9 Å². The fraction of sp³-hybridized carbons (Fsp3) is 0.881. The summed E-state index contributed by atoms with van der Waals surface area (Å²) in [5, 5.41) is 104. The Morgan fingerprint density at radius 1 is 0.776 bits per heavy atom. The van der Waals surface area contributed by atoms with E-state index < -0.39 is 171 Å². The van der Waals surface area contributed by atoms with Gasteiger partial charge in [0, 0.05) is 29.6 Å². The minimum atomic E-state index is -5.35. The maximum atomic E-state index is 15.0. The van der Waals surface area contributed by atoms with Crippen LogP contribution in [0, 0.1) is 39.4 Å². The zero-order chi connectivity index (χ0) is 50.6. The maximum absolute atomic E-state index is 15.0. The Labute approximate surface area is 387 Å². The lowest BCUT2D eigenvalue weighted by atomic mass is 9.38. The lowest BCUT2D eigenvalue weighted by molar-refractivity contribution is -0.282. The number of ether oxygens (including phenoxy) is 2. The van der Waals surface area contributed by atoms with E-state index in [1.54, 1.807) is 27.7 Å². The van der Waals surface area contributed by atoms with E-state index in [0.717, 1.165) is 0 Å². The van der Waals surface area contributed by atoms with Gasteiger partial charge in [-0.05, 0) is 83.0 Å². The molecule has 4 aliphatic carbocycles. The monoisotopic (exact) mass is 1000 g/mol. The smallest absolute Gasteiger partial charge is 0.394 e. The van der Waals surface area contributed by atoms with E-state index in [1.807, 2.05) is 13.0 Å². The van der Waals surface area contributed by atoms with Crippen molar-refractivity contribution in [2.24, 2.45) is 39.4 Å². The molecule has 0 aromatic carbocycles. The second-order valence-electron chi connectivity index (χ2n) is 21.3. The van der Waals surface area contributed by atoms with Crippen LogP contribution in [0.15, 0.2) is 11.6 Å². The standard InChI is InChI=1S/C42H68O23P2/c1-37(2,65-67(58,59)64-36-32(53)30(51)28(49)23(17-44)61-36)12-11-25(46)42(8,55)33-20(45)14-39(5)24-10-9-18-19(41(24,7)26(47)15-40(33,39)6)13-21(34(54)38(18,3)4)62-66(56,57)63-35-31(52)29(50)27(48)22(16-43)60-35/h9,19-24,27-33,35-36,43-45,48-53,55H,10-17H2,1-8H3,(H,56,57)(H,58,59).